The van der Waals surface area contributed by atoms with E-state index in [1.54, 1.807) is 0 Å². The summed E-state index contributed by atoms with van der Waals surface area (Å²) < 4.78 is 3.46. The van der Waals surface area contributed by atoms with Gasteiger partial charge in [0, 0.05) is 48.0 Å². The zero-order valence-electron chi connectivity index (χ0n) is 12.8. The van der Waals surface area contributed by atoms with Gasteiger partial charge >= 0.3 is 0 Å². The van der Waals surface area contributed by atoms with Crippen LogP contribution in [-0.4, -0.2) is 16.1 Å². The Labute approximate surface area is 129 Å². The van der Waals surface area contributed by atoms with Crippen LogP contribution < -0.4 is 5.32 Å². The lowest BCUT2D eigenvalue weighted by Gasteiger charge is -2.13. The highest BCUT2D eigenvalue weighted by atomic mass is 32.1. The molecule has 0 amide bonds. The summed E-state index contributed by atoms with van der Waals surface area (Å²) in [5.41, 5.74) is 1.41. The van der Waals surface area contributed by atoms with Crippen molar-refractivity contribution in [2.24, 2.45) is 7.05 Å². The lowest BCUT2D eigenvalue weighted by molar-refractivity contribution is 0.570. The third kappa shape index (κ3) is 2.87. The summed E-state index contributed by atoms with van der Waals surface area (Å²) in [6.07, 6.45) is 4.81. The number of rotatable bonds is 5. The van der Waals surface area contributed by atoms with Gasteiger partial charge in [0.1, 0.15) is 5.82 Å². The first-order valence-electron chi connectivity index (χ1n) is 7.34. The van der Waals surface area contributed by atoms with Crippen molar-refractivity contribution in [3.05, 3.63) is 52.9 Å². The van der Waals surface area contributed by atoms with Crippen LogP contribution in [0.1, 0.15) is 29.2 Å². The number of imidazole rings is 1. The molecule has 0 aliphatic heterocycles. The van der Waals surface area contributed by atoms with Gasteiger partial charge in [-0.2, -0.15) is 0 Å². The van der Waals surface area contributed by atoms with Crippen molar-refractivity contribution < 1.29 is 0 Å². The number of hydrogen-bond donors (Lipinski definition) is 1. The Morgan fingerprint density at radius 1 is 1.33 bits per heavy atom. The number of fused-ring (bicyclic) bond motifs is 1. The summed E-state index contributed by atoms with van der Waals surface area (Å²) in [5.74, 6) is 1.13. The molecule has 0 aliphatic rings. The predicted molar refractivity (Wildman–Crippen MR) is 89.9 cm³/mol. The van der Waals surface area contributed by atoms with Crippen molar-refractivity contribution in [3.8, 4) is 0 Å². The number of benzene rings is 1. The van der Waals surface area contributed by atoms with Crippen LogP contribution in [0.25, 0.3) is 10.1 Å². The third-order valence-corrected chi connectivity index (χ3v) is 5.45. The fourth-order valence-corrected chi connectivity index (χ4v) is 3.97. The van der Waals surface area contributed by atoms with Gasteiger partial charge in [-0.15, -0.1) is 11.3 Å². The molecule has 1 aromatic carbocycles. The van der Waals surface area contributed by atoms with Gasteiger partial charge < -0.3 is 9.88 Å². The first-order chi connectivity index (χ1) is 10.2. The van der Waals surface area contributed by atoms with Gasteiger partial charge in [-0.25, -0.2) is 4.98 Å². The topological polar surface area (TPSA) is 29.9 Å². The van der Waals surface area contributed by atoms with Crippen molar-refractivity contribution in [2.45, 2.75) is 26.3 Å². The van der Waals surface area contributed by atoms with Gasteiger partial charge in [-0.1, -0.05) is 18.2 Å². The molecule has 0 saturated carbocycles. The molecule has 0 spiro atoms. The second-order valence-corrected chi connectivity index (χ2v) is 6.55. The van der Waals surface area contributed by atoms with Crippen molar-refractivity contribution in [3.63, 3.8) is 0 Å². The highest BCUT2D eigenvalue weighted by molar-refractivity contribution is 7.19. The van der Waals surface area contributed by atoms with Gasteiger partial charge in [0.25, 0.3) is 0 Å². The smallest absolute Gasteiger partial charge is 0.109 e. The van der Waals surface area contributed by atoms with Gasteiger partial charge in [-0.3, -0.25) is 0 Å². The molecule has 4 heteroatoms. The van der Waals surface area contributed by atoms with Crippen molar-refractivity contribution in [1.82, 2.24) is 14.9 Å². The standard InChI is InChI=1S/C17H21N3S/c1-12-14-6-4-5-7-15(14)21-17(12)13(2)18-9-8-16-19-10-11-20(16)3/h4-7,10-11,13,18H,8-9H2,1-3H3. The van der Waals surface area contributed by atoms with Gasteiger partial charge in [0.2, 0.25) is 0 Å². The monoisotopic (exact) mass is 299 g/mol. The molecule has 0 saturated heterocycles. The number of nitrogens with one attached hydrogen (secondary N) is 1. The average Bonchev–Trinajstić information content (AvgIpc) is 3.04. The number of aromatic nitrogens is 2. The second kappa shape index (κ2) is 6.00. The first-order valence-corrected chi connectivity index (χ1v) is 8.16. The Morgan fingerprint density at radius 2 is 2.14 bits per heavy atom. The minimum atomic E-state index is 0.377. The van der Waals surface area contributed by atoms with Gasteiger partial charge in [0.05, 0.1) is 0 Å². The SMILES string of the molecule is Cc1c(C(C)NCCc2nccn2C)sc2ccccc12. The summed E-state index contributed by atoms with van der Waals surface area (Å²) in [7, 11) is 2.04. The molecule has 3 rings (SSSR count). The predicted octanol–water partition coefficient (Wildman–Crippen LogP) is 3.84. The number of hydrogen-bond acceptors (Lipinski definition) is 3. The van der Waals surface area contributed by atoms with Crippen LogP contribution in [0.15, 0.2) is 36.7 Å². The van der Waals surface area contributed by atoms with Crippen LogP contribution >= 0.6 is 11.3 Å². The van der Waals surface area contributed by atoms with Gasteiger partial charge in [-0.05, 0) is 30.9 Å². The zero-order chi connectivity index (χ0) is 14.8. The summed E-state index contributed by atoms with van der Waals surface area (Å²) in [6, 6.07) is 9.02. The van der Waals surface area contributed by atoms with E-state index >= 15 is 0 Å². The Hall–Kier alpha value is -1.65. The van der Waals surface area contributed by atoms with Crippen LogP contribution in [0.2, 0.25) is 0 Å². The molecule has 2 aromatic heterocycles. The Kier molecular flexibility index (Phi) is 4.08. The summed E-state index contributed by atoms with van der Waals surface area (Å²) in [4.78, 5) is 5.80. The molecule has 1 N–H and O–H groups in total. The van der Waals surface area contributed by atoms with E-state index < -0.39 is 0 Å². The van der Waals surface area contributed by atoms with E-state index in [1.165, 1.54) is 20.5 Å². The molecule has 1 unspecified atom stereocenters. The number of aryl methyl sites for hydroxylation is 2. The minimum absolute atomic E-state index is 0.377. The fourth-order valence-electron chi connectivity index (χ4n) is 2.74. The van der Waals surface area contributed by atoms with E-state index in [0.29, 0.717) is 6.04 Å². The molecule has 0 radical (unpaired) electrons. The van der Waals surface area contributed by atoms with E-state index in [-0.39, 0.29) is 0 Å². The van der Waals surface area contributed by atoms with E-state index in [9.17, 15) is 0 Å². The van der Waals surface area contributed by atoms with Crippen molar-refractivity contribution in [2.75, 3.05) is 6.54 Å². The highest BCUT2D eigenvalue weighted by Gasteiger charge is 2.13. The summed E-state index contributed by atoms with van der Waals surface area (Å²) in [5, 5.41) is 5.01. The first kappa shape index (κ1) is 14.3. The molecular weight excluding hydrogens is 278 g/mol. The largest absolute Gasteiger partial charge is 0.338 e. The second-order valence-electron chi connectivity index (χ2n) is 5.47. The van der Waals surface area contributed by atoms with Crippen LogP contribution in [0.5, 0.6) is 0 Å². The quantitative estimate of drug-likeness (QED) is 0.776. The maximum Gasteiger partial charge on any atom is 0.109 e. The van der Waals surface area contributed by atoms with Crippen LogP contribution in [-0.2, 0) is 13.5 Å². The van der Waals surface area contributed by atoms with Crippen molar-refractivity contribution in [1.29, 1.82) is 0 Å². The normalized spacial score (nSPS) is 12.9. The molecule has 0 aliphatic carbocycles. The molecule has 110 valence electrons. The van der Waals surface area contributed by atoms with E-state index in [4.69, 9.17) is 0 Å². The lowest BCUT2D eigenvalue weighted by Crippen LogP contribution is -2.22. The van der Waals surface area contributed by atoms with Crippen LogP contribution in [0.4, 0.5) is 0 Å². The van der Waals surface area contributed by atoms with E-state index in [0.717, 1.165) is 18.8 Å². The van der Waals surface area contributed by atoms with E-state index in [1.807, 2.05) is 30.8 Å². The minimum Gasteiger partial charge on any atom is -0.338 e. The highest BCUT2D eigenvalue weighted by Crippen LogP contribution is 2.34. The lowest BCUT2D eigenvalue weighted by atomic mass is 10.1. The third-order valence-electron chi connectivity index (χ3n) is 3.99. The molecule has 21 heavy (non-hydrogen) atoms. The summed E-state index contributed by atoms with van der Waals surface area (Å²) in [6.45, 7) is 5.42. The zero-order valence-corrected chi connectivity index (χ0v) is 13.6. The molecule has 0 fully saturated rings. The Morgan fingerprint density at radius 3 is 2.86 bits per heavy atom. The molecule has 1 atom stereocenters. The Balaban J connectivity index is 1.68. The molecular formula is C17H21N3S. The maximum absolute atomic E-state index is 4.36. The molecule has 0 bridgehead atoms. The fraction of sp³-hybridized carbons (Fsp3) is 0.353. The molecule has 2 heterocycles. The average molecular weight is 299 g/mol. The van der Waals surface area contributed by atoms with Crippen LogP contribution in [0, 0.1) is 6.92 Å². The molecule has 3 nitrogen and oxygen atoms in total. The molecule has 3 aromatic rings. The van der Waals surface area contributed by atoms with E-state index in [2.05, 4.69) is 53.0 Å². The van der Waals surface area contributed by atoms with Crippen molar-refractivity contribution >= 4 is 21.4 Å². The van der Waals surface area contributed by atoms with Gasteiger partial charge in [0.15, 0.2) is 0 Å². The van der Waals surface area contributed by atoms with Crippen LogP contribution in [0.3, 0.4) is 0 Å². The Bertz CT molecular complexity index is 741. The number of nitrogens with zero attached hydrogens (tertiary/aromatic N) is 2. The summed E-state index contributed by atoms with van der Waals surface area (Å²) >= 11 is 1.90. The number of thiophene rings is 1. The maximum atomic E-state index is 4.36.